The van der Waals surface area contributed by atoms with E-state index in [1.165, 1.54) is 12.3 Å². The molecule has 18 heavy (non-hydrogen) atoms. The molecule has 0 radical (unpaired) electrons. The van der Waals surface area contributed by atoms with Gasteiger partial charge in [-0.05, 0) is 17.9 Å². The summed E-state index contributed by atoms with van der Waals surface area (Å²) in [6.45, 7) is 4.46. The molecule has 0 aromatic carbocycles. The predicted octanol–water partition coefficient (Wildman–Crippen LogP) is 2.53. The summed E-state index contributed by atoms with van der Waals surface area (Å²) in [6.07, 6.45) is 1.95. The van der Waals surface area contributed by atoms with Crippen molar-refractivity contribution in [3.05, 3.63) is 28.0 Å². The Hall–Kier alpha value is -0.840. The second-order valence-corrected chi connectivity index (χ2v) is 5.60. The smallest absolute Gasteiger partial charge is 0.252 e. The number of nitrogens with one attached hydrogen (secondary N) is 1. The summed E-state index contributed by atoms with van der Waals surface area (Å²) in [5, 5.41) is 12.2. The second kappa shape index (κ2) is 6.36. The maximum atomic E-state index is 11.9. The summed E-state index contributed by atoms with van der Waals surface area (Å²) < 4.78 is 0. The first-order valence-electron chi connectivity index (χ1n) is 5.56. The number of nitrogens with zero attached hydrogens (tertiary/aromatic N) is 1. The van der Waals surface area contributed by atoms with E-state index in [2.05, 4.69) is 10.3 Å². The van der Waals surface area contributed by atoms with Crippen molar-refractivity contribution in [1.29, 1.82) is 0 Å². The number of pyridine rings is 1. The van der Waals surface area contributed by atoms with Crippen LogP contribution in [-0.4, -0.2) is 29.1 Å². The summed E-state index contributed by atoms with van der Waals surface area (Å²) >= 11 is 11.6. The third kappa shape index (κ3) is 4.44. The summed E-state index contributed by atoms with van der Waals surface area (Å²) in [5.41, 5.74) is 0.129. The Morgan fingerprint density at radius 1 is 1.50 bits per heavy atom. The highest BCUT2D eigenvalue weighted by molar-refractivity contribution is 6.35. The summed E-state index contributed by atoms with van der Waals surface area (Å²) in [6, 6.07) is 1.43. The lowest BCUT2D eigenvalue weighted by molar-refractivity contribution is 0.0928. The number of hydrogen-bond acceptors (Lipinski definition) is 3. The topological polar surface area (TPSA) is 62.2 Å². The zero-order chi connectivity index (χ0) is 13.8. The number of hydrogen-bond donors (Lipinski definition) is 2. The van der Waals surface area contributed by atoms with Crippen LogP contribution in [0, 0.1) is 5.41 Å². The monoisotopic (exact) mass is 290 g/mol. The van der Waals surface area contributed by atoms with Crippen LogP contribution in [0.3, 0.4) is 0 Å². The van der Waals surface area contributed by atoms with E-state index in [1.54, 1.807) is 0 Å². The van der Waals surface area contributed by atoms with Crippen LogP contribution in [0.15, 0.2) is 12.3 Å². The van der Waals surface area contributed by atoms with E-state index < -0.39 is 0 Å². The van der Waals surface area contributed by atoms with Crippen LogP contribution in [-0.2, 0) is 0 Å². The maximum Gasteiger partial charge on any atom is 0.252 e. The molecule has 0 bridgehead atoms. The van der Waals surface area contributed by atoms with Crippen LogP contribution < -0.4 is 5.32 Å². The molecule has 1 rings (SSSR count). The summed E-state index contributed by atoms with van der Waals surface area (Å²) in [7, 11) is 0. The third-order valence-corrected chi connectivity index (χ3v) is 3.09. The number of carbonyl (C=O) groups is 1. The van der Waals surface area contributed by atoms with Gasteiger partial charge in [-0.25, -0.2) is 4.98 Å². The van der Waals surface area contributed by atoms with Crippen molar-refractivity contribution in [1.82, 2.24) is 10.3 Å². The van der Waals surface area contributed by atoms with Crippen molar-refractivity contribution in [2.75, 3.05) is 13.2 Å². The molecular formula is C12H16Cl2N2O2. The minimum absolute atomic E-state index is 0.0880. The van der Waals surface area contributed by atoms with Crippen molar-refractivity contribution in [3.8, 4) is 0 Å². The van der Waals surface area contributed by atoms with Crippen molar-refractivity contribution in [2.24, 2.45) is 5.41 Å². The zero-order valence-electron chi connectivity index (χ0n) is 10.3. The van der Waals surface area contributed by atoms with Gasteiger partial charge in [0.25, 0.3) is 5.91 Å². The molecule has 0 aliphatic rings. The Bertz CT molecular complexity index is 436. The molecule has 1 heterocycles. The molecule has 0 atom stereocenters. The van der Waals surface area contributed by atoms with Gasteiger partial charge in [0.2, 0.25) is 0 Å². The largest absolute Gasteiger partial charge is 0.396 e. The zero-order valence-corrected chi connectivity index (χ0v) is 11.8. The van der Waals surface area contributed by atoms with Crippen LogP contribution in [0.1, 0.15) is 30.6 Å². The van der Waals surface area contributed by atoms with Crippen molar-refractivity contribution >= 4 is 29.1 Å². The molecule has 0 aliphatic heterocycles. The van der Waals surface area contributed by atoms with Gasteiger partial charge >= 0.3 is 0 Å². The number of carbonyl (C=O) groups excluding carboxylic acids is 1. The molecule has 0 saturated carbocycles. The number of rotatable bonds is 5. The molecule has 0 unspecified atom stereocenters. The molecule has 4 nitrogen and oxygen atoms in total. The minimum atomic E-state index is -0.296. The van der Waals surface area contributed by atoms with Crippen LogP contribution in [0.4, 0.5) is 0 Å². The van der Waals surface area contributed by atoms with Gasteiger partial charge in [0.05, 0.1) is 10.6 Å². The third-order valence-electron chi connectivity index (χ3n) is 2.58. The highest BCUT2D eigenvalue weighted by Gasteiger charge is 2.19. The van der Waals surface area contributed by atoms with Gasteiger partial charge < -0.3 is 10.4 Å². The Balaban J connectivity index is 2.69. The van der Waals surface area contributed by atoms with E-state index in [-0.39, 0.29) is 28.1 Å². The van der Waals surface area contributed by atoms with E-state index >= 15 is 0 Å². The van der Waals surface area contributed by atoms with E-state index in [0.717, 1.165) is 0 Å². The first-order valence-corrected chi connectivity index (χ1v) is 6.31. The number of aromatic nitrogens is 1. The molecule has 1 aromatic heterocycles. The maximum absolute atomic E-state index is 11.9. The van der Waals surface area contributed by atoms with Gasteiger partial charge in [0.15, 0.2) is 0 Å². The van der Waals surface area contributed by atoms with Crippen molar-refractivity contribution in [2.45, 2.75) is 20.3 Å². The quantitative estimate of drug-likeness (QED) is 0.819. The van der Waals surface area contributed by atoms with Crippen molar-refractivity contribution in [3.63, 3.8) is 0 Å². The highest BCUT2D eigenvalue weighted by Crippen LogP contribution is 2.20. The van der Waals surface area contributed by atoms with Gasteiger partial charge in [-0.2, -0.15) is 0 Å². The molecule has 0 saturated heterocycles. The highest BCUT2D eigenvalue weighted by atomic mass is 35.5. The van der Waals surface area contributed by atoms with Gasteiger partial charge in [0.1, 0.15) is 5.15 Å². The molecular weight excluding hydrogens is 275 g/mol. The van der Waals surface area contributed by atoms with E-state index in [1.807, 2.05) is 13.8 Å². The molecule has 2 N–H and O–H groups in total. The lowest BCUT2D eigenvalue weighted by Crippen LogP contribution is -2.34. The Labute approximate surface area is 116 Å². The Morgan fingerprint density at radius 3 is 2.78 bits per heavy atom. The number of amides is 1. The molecule has 1 aromatic rings. The molecule has 100 valence electrons. The Morgan fingerprint density at radius 2 is 2.17 bits per heavy atom. The first kappa shape index (κ1) is 15.2. The fraction of sp³-hybridized carbons (Fsp3) is 0.500. The van der Waals surface area contributed by atoms with Gasteiger partial charge in [-0.15, -0.1) is 0 Å². The lowest BCUT2D eigenvalue weighted by atomic mass is 9.89. The van der Waals surface area contributed by atoms with E-state index in [9.17, 15) is 4.79 Å². The van der Waals surface area contributed by atoms with E-state index in [0.29, 0.717) is 18.5 Å². The first-order chi connectivity index (χ1) is 8.35. The Kier molecular flexibility index (Phi) is 5.38. The molecule has 6 heteroatoms. The van der Waals surface area contributed by atoms with Crippen LogP contribution in [0.2, 0.25) is 10.2 Å². The van der Waals surface area contributed by atoms with Crippen LogP contribution in [0.5, 0.6) is 0 Å². The van der Waals surface area contributed by atoms with Crippen molar-refractivity contribution < 1.29 is 9.90 Å². The van der Waals surface area contributed by atoms with E-state index in [4.69, 9.17) is 28.3 Å². The normalized spacial score (nSPS) is 11.4. The van der Waals surface area contributed by atoms with Crippen LogP contribution in [0.25, 0.3) is 0 Å². The fourth-order valence-corrected chi connectivity index (χ4v) is 1.74. The SMILES string of the molecule is CC(C)(CCO)CNC(=O)c1cc(Cl)ncc1Cl. The minimum Gasteiger partial charge on any atom is -0.396 e. The number of halogens is 2. The summed E-state index contributed by atoms with van der Waals surface area (Å²) in [5.74, 6) is -0.296. The molecule has 0 fully saturated rings. The lowest BCUT2D eigenvalue weighted by Gasteiger charge is -2.23. The fourth-order valence-electron chi connectivity index (χ4n) is 1.39. The number of aliphatic hydroxyl groups excluding tert-OH is 1. The summed E-state index contributed by atoms with van der Waals surface area (Å²) in [4.78, 5) is 15.7. The number of aliphatic hydroxyl groups is 1. The van der Waals surface area contributed by atoms with Gasteiger partial charge in [-0.1, -0.05) is 37.0 Å². The average Bonchev–Trinajstić information content (AvgIpc) is 2.29. The van der Waals surface area contributed by atoms with Crippen LogP contribution >= 0.6 is 23.2 Å². The van der Waals surface area contributed by atoms with Gasteiger partial charge in [0, 0.05) is 19.3 Å². The standard InChI is InChI=1S/C12H16Cl2N2O2/c1-12(2,3-4-17)7-16-11(18)8-5-10(14)15-6-9(8)13/h5-6,17H,3-4,7H2,1-2H3,(H,16,18). The molecule has 1 amide bonds. The second-order valence-electron chi connectivity index (χ2n) is 4.81. The molecule has 0 aliphatic carbocycles. The molecule has 0 spiro atoms. The average molecular weight is 291 g/mol. The predicted molar refractivity (Wildman–Crippen MR) is 72.1 cm³/mol. The van der Waals surface area contributed by atoms with Gasteiger partial charge in [-0.3, -0.25) is 4.79 Å².